The van der Waals surface area contributed by atoms with Gasteiger partial charge in [-0.3, -0.25) is 0 Å². The first-order valence-corrected chi connectivity index (χ1v) is 3.17. The van der Waals surface area contributed by atoms with Crippen LogP contribution in [0.2, 0.25) is 0 Å². The van der Waals surface area contributed by atoms with E-state index < -0.39 is 0 Å². The molecule has 1 aromatic carbocycles. The summed E-state index contributed by atoms with van der Waals surface area (Å²) in [7, 11) is 16.4. The average Bonchev–Trinajstić information content (AvgIpc) is 1.97. The van der Waals surface area contributed by atoms with E-state index in [-0.39, 0.29) is 5.75 Å². The van der Waals surface area contributed by atoms with E-state index in [0.717, 1.165) is 0 Å². The Hall–Kier alpha value is -0.785. The van der Waals surface area contributed by atoms with Gasteiger partial charge in [-0.25, -0.2) is 0 Å². The summed E-state index contributed by atoms with van der Waals surface area (Å²) >= 11 is 0. The zero-order valence-electron chi connectivity index (χ0n) is 6.26. The van der Waals surface area contributed by atoms with Crippen LogP contribution in [-0.4, -0.2) is 28.6 Å². The summed E-state index contributed by atoms with van der Waals surface area (Å²) in [5, 5.41) is 9.19. The van der Waals surface area contributed by atoms with Gasteiger partial charge < -0.3 is 5.11 Å². The van der Waals surface area contributed by atoms with Crippen LogP contribution in [0.15, 0.2) is 6.07 Å². The minimum absolute atomic E-state index is 0.0780. The number of aromatic hydroxyl groups is 1. The molecule has 1 N–H and O–H groups in total. The van der Waals surface area contributed by atoms with Crippen LogP contribution in [0.4, 0.5) is 0 Å². The number of phenols is 1. The molecular weight excluding hydrogens is 133 g/mol. The number of rotatable bonds is 0. The molecule has 0 spiro atoms. The van der Waals surface area contributed by atoms with Gasteiger partial charge in [0, 0.05) is 0 Å². The zero-order valence-corrected chi connectivity index (χ0v) is 6.26. The van der Waals surface area contributed by atoms with E-state index >= 15 is 0 Å². The van der Waals surface area contributed by atoms with Gasteiger partial charge in [-0.15, -0.1) is 10.9 Å². The van der Waals surface area contributed by atoms with Crippen molar-refractivity contribution in [3.63, 3.8) is 0 Å². The van der Waals surface area contributed by atoms with Crippen molar-refractivity contribution < 1.29 is 5.11 Å². The maximum absolute atomic E-state index is 9.19. The van der Waals surface area contributed by atoms with Gasteiger partial charge in [0.15, 0.2) is 0 Å². The van der Waals surface area contributed by atoms with Gasteiger partial charge >= 0.3 is 0 Å². The Labute approximate surface area is 70.0 Å². The minimum atomic E-state index is 0.0780. The SMILES string of the molecule is [B]c1cc(O)c(C)c([B])c1[B]. The number of hydrogen-bond acceptors (Lipinski definition) is 1. The topological polar surface area (TPSA) is 20.2 Å². The van der Waals surface area contributed by atoms with Crippen molar-refractivity contribution in [2.45, 2.75) is 6.92 Å². The van der Waals surface area contributed by atoms with Crippen molar-refractivity contribution in [3.8, 4) is 5.75 Å². The smallest absolute Gasteiger partial charge is 0.117 e. The second-order valence-electron chi connectivity index (χ2n) is 2.44. The highest BCUT2D eigenvalue weighted by Crippen LogP contribution is 2.07. The van der Waals surface area contributed by atoms with Crippen molar-refractivity contribution in [1.82, 2.24) is 0 Å². The van der Waals surface area contributed by atoms with Crippen LogP contribution in [0.3, 0.4) is 0 Å². The van der Waals surface area contributed by atoms with E-state index in [2.05, 4.69) is 0 Å². The first kappa shape index (κ1) is 8.31. The molecule has 0 heterocycles. The lowest BCUT2D eigenvalue weighted by Gasteiger charge is -2.10. The molecule has 0 unspecified atom stereocenters. The summed E-state index contributed by atoms with van der Waals surface area (Å²) in [5.74, 6) is 0.0780. The molecule has 0 atom stereocenters. The Morgan fingerprint density at radius 2 is 1.73 bits per heavy atom. The van der Waals surface area contributed by atoms with Crippen LogP contribution in [0.5, 0.6) is 5.75 Å². The summed E-state index contributed by atoms with van der Waals surface area (Å²) in [6, 6.07) is 1.39. The molecule has 0 saturated heterocycles. The van der Waals surface area contributed by atoms with Crippen LogP contribution in [0.25, 0.3) is 0 Å². The quantitative estimate of drug-likeness (QED) is 0.414. The largest absolute Gasteiger partial charge is 0.508 e. The highest BCUT2D eigenvalue weighted by molar-refractivity contribution is 6.57. The maximum Gasteiger partial charge on any atom is 0.117 e. The summed E-state index contributed by atoms with van der Waals surface area (Å²) in [5.41, 5.74) is 1.56. The Bertz CT molecular complexity index is 270. The Morgan fingerprint density at radius 3 is 2.27 bits per heavy atom. The highest BCUT2D eigenvalue weighted by atomic mass is 16.3. The molecule has 6 radical (unpaired) electrons. The summed E-state index contributed by atoms with van der Waals surface area (Å²) in [4.78, 5) is 0. The Balaban J connectivity index is 3.46. The molecule has 0 amide bonds. The van der Waals surface area contributed by atoms with Crippen molar-refractivity contribution in [2.75, 3.05) is 0 Å². The molecule has 1 rings (SSSR count). The molecule has 11 heavy (non-hydrogen) atoms. The fourth-order valence-electron chi connectivity index (χ4n) is 0.829. The van der Waals surface area contributed by atoms with Crippen LogP contribution in [0, 0.1) is 6.92 Å². The summed E-state index contributed by atoms with van der Waals surface area (Å²) < 4.78 is 0. The first-order chi connectivity index (χ1) is 5.04. The molecular formula is C7H5B3O. The lowest BCUT2D eigenvalue weighted by molar-refractivity contribution is 0.472. The van der Waals surface area contributed by atoms with Gasteiger partial charge in [0.2, 0.25) is 0 Å². The maximum atomic E-state index is 9.19. The standard InChI is InChI=1S/C7H5B3O/c1-3-5(11)2-4(8)7(10)6(3)9/h2,11H,1H3. The highest BCUT2D eigenvalue weighted by Gasteiger charge is 2.03. The fourth-order valence-corrected chi connectivity index (χ4v) is 0.829. The van der Waals surface area contributed by atoms with Gasteiger partial charge in [-0.1, -0.05) is 5.46 Å². The van der Waals surface area contributed by atoms with Gasteiger partial charge in [0.25, 0.3) is 0 Å². The third-order valence-corrected chi connectivity index (χ3v) is 1.68. The molecule has 0 aliphatic heterocycles. The molecule has 0 fully saturated rings. The predicted molar refractivity (Wildman–Crippen MR) is 49.0 cm³/mol. The predicted octanol–water partition coefficient (Wildman–Crippen LogP) is -1.92. The molecule has 0 aliphatic carbocycles. The Morgan fingerprint density at radius 1 is 1.18 bits per heavy atom. The fraction of sp³-hybridized carbons (Fsp3) is 0.143. The molecule has 1 aromatic rings. The minimum Gasteiger partial charge on any atom is -0.508 e. The number of hydrogen-bond donors (Lipinski definition) is 1. The second kappa shape index (κ2) is 2.69. The van der Waals surface area contributed by atoms with E-state index in [1.807, 2.05) is 0 Å². The molecule has 4 heteroatoms. The van der Waals surface area contributed by atoms with E-state index in [9.17, 15) is 5.11 Å². The molecule has 0 aromatic heterocycles. The van der Waals surface area contributed by atoms with Crippen LogP contribution < -0.4 is 16.4 Å². The summed E-state index contributed by atoms with van der Waals surface area (Å²) in [6.07, 6.45) is 0. The van der Waals surface area contributed by atoms with E-state index in [0.29, 0.717) is 22.0 Å². The lowest BCUT2D eigenvalue weighted by atomic mass is 9.70. The van der Waals surface area contributed by atoms with E-state index in [1.165, 1.54) is 6.07 Å². The first-order valence-electron chi connectivity index (χ1n) is 3.17. The molecule has 1 nitrogen and oxygen atoms in total. The Kier molecular flexibility index (Phi) is 2.03. The zero-order chi connectivity index (χ0) is 8.59. The van der Waals surface area contributed by atoms with Gasteiger partial charge in [-0.2, -0.15) is 0 Å². The normalized spacial score (nSPS) is 9.91. The summed E-state index contributed by atoms with van der Waals surface area (Å²) in [6.45, 7) is 1.68. The van der Waals surface area contributed by atoms with E-state index in [1.54, 1.807) is 6.92 Å². The third-order valence-electron chi connectivity index (χ3n) is 1.68. The number of benzene rings is 1. The third kappa shape index (κ3) is 1.30. The second-order valence-corrected chi connectivity index (χ2v) is 2.44. The molecule has 0 saturated carbocycles. The molecule has 0 bridgehead atoms. The number of phenolic OH excluding ortho intramolecular Hbond substituents is 1. The van der Waals surface area contributed by atoms with Crippen molar-refractivity contribution in [3.05, 3.63) is 11.6 Å². The van der Waals surface area contributed by atoms with Gasteiger partial charge in [0.05, 0.1) is 0 Å². The average molecular weight is 138 g/mol. The van der Waals surface area contributed by atoms with Crippen molar-refractivity contribution in [2.24, 2.45) is 0 Å². The monoisotopic (exact) mass is 138 g/mol. The molecule has 0 aliphatic rings. The van der Waals surface area contributed by atoms with Crippen LogP contribution >= 0.6 is 0 Å². The van der Waals surface area contributed by atoms with Crippen molar-refractivity contribution in [1.29, 1.82) is 0 Å². The lowest BCUT2D eigenvalue weighted by Crippen LogP contribution is -2.40. The van der Waals surface area contributed by atoms with Gasteiger partial charge in [0.1, 0.15) is 29.3 Å². The van der Waals surface area contributed by atoms with Gasteiger partial charge in [-0.05, 0) is 18.6 Å². The molecule has 48 valence electrons. The van der Waals surface area contributed by atoms with Crippen LogP contribution in [-0.2, 0) is 0 Å². The van der Waals surface area contributed by atoms with Crippen molar-refractivity contribution >= 4 is 39.9 Å². The van der Waals surface area contributed by atoms with Crippen LogP contribution in [0.1, 0.15) is 5.56 Å². The van der Waals surface area contributed by atoms with E-state index in [4.69, 9.17) is 23.5 Å².